The van der Waals surface area contributed by atoms with Gasteiger partial charge in [-0.2, -0.15) is 0 Å². The van der Waals surface area contributed by atoms with E-state index in [0.29, 0.717) is 29.9 Å². The minimum atomic E-state index is -0.601. The van der Waals surface area contributed by atoms with Gasteiger partial charge in [0.2, 0.25) is 0 Å². The first-order chi connectivity index (χ1) is 16.9. The molecule has 1 saturated heterocycles. The lowest BCUT2D eigenvalue weighted by Crippen LogP contribution is -2.47. The predicted molar refractivity (Wildman–Crippen MR) is 128 cm³/mol. The summed E-state index contributed by atoms with van der Waals surface area (Å²) in [6, 6.07) is 9.00. The first-order valence-corrected chi connectivity index (χ1v) is 11.0. The summed E-state index contributed by atoms with van der Waals surface area (Å²) in [5.74, 6) is -1.22. The second-order valence-corrected chi connectivity index (χ2v) is 8.35. The van der Waals surface area contributed by atoms with Crippen molar-refractivity contribution in [2.45, 2.75) is 0 Å². The summed E-state index contributed by atoms with van der Waals surface area (Å²) >= 11 is 0. The van der Waals surface area contributed by atoms with E-state index < -0.39 is 11.7 Å². The second kappa shape index (κ2) is 9.11. The summed E-state index contributed by atoms with van der Waals surface area (Å²) < 4.78 is 14.6. The van der Waals surface area contributed by atoms with E-state index in [0.717, 1.165) is 35.6 Å². The van der Waals surface area contributed by atoms with Crippen LogP contribution in [0.1, 0.15) is 20.7 Å². The fourth-order valence-electron chi connectivity index (χ4n) is 4.06. The number of hydrogen-bond donors (Lipinski definition) is 2. The maximum Gasteiger partial charge on any atom is 0.263 e. The van der Waals surface area contributed by atoms with E-state index >= 15 is 0 Å². The first kappa shape index (κ1) is 22.4. The molecule has 4 aromatic rings. The minimum Gasteiger partial charge on any atom is -0.381 e. The Morgan fingerprint density at radius 3 is 2.54 bits per heavy atom. The van der Waals surface area contributed by atoms with E-state index in [-0.39, 0.29) is 22.9 Å². The molecule has 0 spiro atoms. The number of benzene rings is 1. The van der Waals surface area contributed by atoms with Gasteiger partial charge >= 0.3 is 0 Å². The maximum atomic E-state index is 13.5. The van der Waals surface area contributed by atoms with Gasteiger partial charge in [-0.3, -0.25) is 14.6 Å². The highest BCUT2D eigenvalue weighted by atomic mass is 19.1. The summed E-state index contributed by atoms with van der Waals surface area (Å²) in [5.41, 5.74) is 8.64. The molecule has 1 aromatic carbocycles. The zero-order valence-electron chi connectivity index (χ0n) is 19.0. The van der Waals surface area contributed by atoms with E-state index in [1.165, 1.54) is 6.20 Å². The number of pyridine rings is 1. The van der Waals surface area contributed by atoms with Gasteiger partial charge in [-0.05, 0) is 30.8 Å². The average Bonchev–Trinajstić information content (AvgIpc) is 3.19. The van der Waals surface area contributed by atoms with Crippen LogP contribution in [0.15, 0.2) is 55.1 Å². The average molecular weight is 475 g/mol. The normalized spacial score (nSPS) is 14.3. The third-order valence-corrected chi connectivity index (χ3v) is 6.00. The van der Waals surface area contributed by atoms with Crippen molar-refractivity contribution in [2.24, 2.45) is 0 Å². The lowest BCUT2D eigenvalue weighted by molar-refractivity contribution is 0.0664. The number of fused-ring (bicyclic) bond motifs is 1. The molecule has 0 unspecified atom stereocenters. The Hall–Kier alpha value is -4.38. The van der Waals surface area contributed by atoms with Crippen molar-refractivity contribution >= 4 is 29.0 Å². The zero-order valence-corrected chi connectivity index (χ0v) is 19.0. The van der Waals surface area contributed by atoms with Gasteiger partial charge < -0.3 is 20.9 Å². The number of piperazine rings is 1. The van der Waals surface area contributed by atoms with Gasteiger partial charge in [-0.25, -0.2) is 13.9 Å². The van der Waals surface area contributed by atoms with Crippen LogP contribution in [0.2, 0.25) is 0 Å². The first-order valence-electron chi connectivity index (χ1n) is 11.0. The number of aromatic nitrogens is 4. The quantitative estimate of drug-likeness (QED) is 0.465. The van der Waals surface area contributed by atoms with Gasteiger partial charge in [-0.1, -0.05) is 12.1 Å². The van der Waals surface area contributed by atoms with E-state index in [4.69, 9.17) is 5.73 Å². The zero-order chi connectivity index (χ0) is 24.5. The Morgan fingerprint density at radius 1 is 1.06 bits per heavy atom. The molecule has 0 saturated carbocycles. The monoisotopic (exact) mass is 474 g/mol. The summed E-state index contributed by atoms with van der Waals surface area (Å²) in [6.45, 7) is 3.11. The van der Waals surface area contributed by atoms with E-state index in [1.807, 2.05) is 24.1 Å². The van der Waals surface area contributed by atoms with Crippen LogP contribution in [0.4, 0.5) is 15.9 Å². The van der Waals surface area contributed by atoms with Crippen molar-refractivity contribution in [3.63, 3.8) is 0 Å². The van der Waals surface area contributed by atoms with Gasteiger partial charge in [0, 0.05) is 43.5 Å². The second-order valence-electron chi connectivity index (χ2n) is 8.35. The van der Waals surface area contributed by atoms with Crippen LogP contribution in [-0.4, -0.2) is 74.4 Å². The van der Waals surface area contributed by atoms with Crippen LogP contribution in [0.5, 0.6) is 0 Å². The van der Waals surface area contributed by atoms with Gasteiger partial charge in [-0.15, -0.1) is 5.10 Å². The molecular weight excluding hydrogens is 451 g/mol. The number of anilines is 2. The maximum absolute atomic E-state index is 13.5. The fourth-order valence-corrected chi connectivity index (χ4v) is 4.06. The van der Waals surface area contributed by atoms with Gasteiger partial charge in [0.1, 0.15) is 5.56 Å². The Bertz CT molecular complexity index is 1410. The summed E-state index contributed by atoms with van der Waals surface area (Å²) in [6.07, 6.45) is 5.22. The Labute approximate surface area is 200 Å². The summed E-state index contributed by atoms with van der Waals surface area (Å²) in [5, 5.41) is 6.77. The third-order valence-electron chi connectivity index (χ3n) is 6.00. The van der Waals surface area contributed by atoms with E-state index in [1.54, 1.807) is 24.4 Å². The van der Waals surface area contributed by atoms with Crippen molar-refractivity contribution < 1.29 is 14.0 Å². The molecule has 35 heavy (non-hydrogen) atoms. The predicted octanol–water partition coefficient (Wildman–Crippen LogP) is 2.15. The number of hydrogen-bond acceptors (Lipinski definition) is 7. The van der Waals surface area contributed by atoms with Crippen LogP contribution >= 0.6 is 0 Å². The molecule has 5 rings (SSSR count). The van der Waals surface area contributed by atoms with Crippen molar-refractivity contribution in [3.8, 4) is 11.1 Å². The standard InChI is InChI=1S/C24H23FN8O2/c1-31-8-10-32(11-9-31)24(35)16-4-2-15(3-5-16)18-6-7-27-13-19(18)29-23(34)20-21(26)30-33-14-17(25)12-28-22(20)33/h2-7,12-14H,8-11H2,1H3,(H2,26,30)(H,29,34). The van der Waals surface area contributed by atoms with Crippen LogP contribution in [0, 0.1) is 5.82 Å². The molecule has 0 aliphatic carbocycles. The lowest BCUT2D eigenvalue weighted by atomic mass is 10.0. The third kappa shape index (κ3) is 4.41. The minimum absolute atomic E-state index is 0.000373. The molecule has 11 heteroatoms. The van der Waals surface area contributed by atoms with Crippen LogP contribution < -0.4 is 11.1 Å². The highest BCUT2D eigenvalue weighted by Gasteiger charge is 2.22. The van der Waals surface area contributed by atoms with Gasteiger partial charge in [0.15, 0.2) is 17.3 Å². The summed E-state index contributed by atoms with van der Waals surface area (Å²) in [7, 11) is 2.04. The molecule has 0 radical (unpaired) electrons. The molecule has 4 heterocycles. The topological polar surface area (TPSA) is 122 Å². The van der Waals surface area contributed by atoms with Gasteiger partial charge in [0.05, 0.1) is 24.3 Å². The van der Waals surface area contributed by atoms with Crippen LogP contribution in [0.3, 0.4) is 0 Å². The van der Waals surface area contributed by atoms with Crippen molar-refractivity contribution in [2.75, 3.05) is 44.3 Å². The number of carbonyl (C=O) groups is 2. The highest BCUT2D eigenvalue weighted by Crippen LogP contribution is 2.29. The molecule has 2 amide bonds. The number of halogens is 1. The van der Waals surface area contributed by atoms with Crippen molar-refractivity contribution in [1.29, 1.82) is 0 Å². The van der Waals surface area contributed by atoms with Gasteiger partial charge in [0.25, 0.3) is 11.8 Å². The molecule has 3 N–H and O–H groups in total. The number of nitrogens with one attached hydrogen (secondary N) is 1. The SMILES string of the molecule is CN1CCN(C(=O)c2ccc(-c3ccncc3NC(=O)c3c(N)nn4cc(F)cnc34)cc2)CC1. The van der Waals surface area contributed by atoms with E-state index in [2.05, 4.69) is 25.3 Å². The molecular formula is C24H23FN8O2. The highest BCUT2D eigenvalue weighted by molar-refractivity contribution is 6.12. The smallest absolute Gasteiger partial charge is 0.263 e. The molecule has 0 atom stereocenters. The Morgan fingerprint density at radius 2 is 1.80 bits per heavy atom. The number of carbonyl (C=O) groups excluding carboxylic acids is 2. The number of likely N-dealkylation sites (N-methyl/N-ethyl adjacent to an activating group) is 1. The molecule has 1 aliphatic heterocycles. The largest absolute Gasteiger partial charge is 0.381 e. The number of nitrogen functional groups attached to an aromatic ring is 1. The number of amides is 2. The molecule has 1 fully saturated rings. The fraction of sp³-hybridized carbons (Fsp3) is 0.208. The lowest BCUT2D eigenvalue weighted by Gasteiger charge is -2.32. The number of nitrogens with zero attached hydrogens (tertiary/aromatic N) is 6. The summed E-state index contributed by atoms with van der Waals surface area (Å²) in [4.78, 5) is 38.0. The number of nitrogens with two attached hydrogens (primary N) is 1. The van der Waals surface area contributed by atoms with Crippen LogP contribution in [-0.2, 0) is 0 Å². The van der Waals surface area contributed by atoms with Crippen molar-refractivity contribution in [3.05, 3.63) is 72.1 Å². The molecule has 10 nitrogen and oxygen atoms in total. The van der Waals surface area contributed by atoms with Crippen LogP contribution in [0.25, 0.3) is 16.8 Å². The molecule has 0 bridgehead atoms. The number of rotatable bonds is 4. The van der Waals surface area contributed by atoms with E-state index in [9.17, 15) is 14.0 Å². The molecule has 3 aromatic heterocycles. The Balaban J connectivity index is 1.38. The van der Waals surface area contributed by atoms with Crippen molar-refractivity contribution in [1.82, 2.24) is 29.4 Å². The molecule has 178 valence electrons. The molecule has 1 aliphatic rings. The Kier molecular flexibility index (Phi) is 5.83.